The Morgan fingerprint density at radius 2 is 2.10 bits per heavy atom. The van der Waals surface area contributed by atoms with E-state index in [-0.39, 0.29) is 17.6 Å². The van der Waals surface area contributed by atoms with Crippen LogP contribution in [-0.4, -0.2) is 27.4 Å². The Balaban J connectivity index is 2.36. The van der Waals surface area contributed by atoms with Gasteiger partial charge in [-0.3, -0.25) is 4.18 Å². The van der Waals surface area contributed by atoms with Gasteiger partial charge in [-0.05, 0) is 51.0 Å². The van der Waals surface area contributed by atoms with E-state index < -0.39 is 15.9 Å². The van der Waals surface area contributed by atoms with Crippen LogP contribution in [0.2, 0.25) is 0 Å². The Morgan fingerprint density at radius 1 is 1.40 bits per heavy atom. The van der Waals surface area contributed by atoms with Crippen molar-refractivity contribution in [2.75, 3.05) is 13.2 Å². The number of hydrogen-bond donors (Lipinski definition) is 0. The van der Waals surface area contributed by atoms with Gasteiger partial charge in [0.25, 0.3) is 10.1 Å². The van der Waals surface area contributed by atoms with Crippen LogP contribution in [0, 0.1) is 6.92 Å². The summed E-state index contributed by atoms with van der Waals surface area (Å²) < 4.78 is 40.0. The molecule has 0 radical (unpaired) electrons. The standard InChI is InChI=1S/C14H20O5S/c1-5-18-20(15,16)11-7-6-10(2)12(8-11)13-9-17-14(3,4)19-13/h6-8,13H,5,9H2,1-4H3. The van der Waals surface area contributed by atoms with E-state index in [2.05, 4.69) is 0 Å². The fourth-order valence-electron chi connectivity index (χ4n) is 2.18. The number of benzene rings is 1. The molecular formula is C14H20O5S. The number of rotatable bonds is 4. The minimum atomic E-state index is -3.70. The molecule has 0 saturated carbocycles. The van der Waals surface area contributed by atoms with Crippen molar-refractivity contribution in [3.63, 3.8) is 0 Å². The van der Waals surface area contributed by atoms with E-state index in [0.717, 1.165) is 11.1 Å². The van der Waals surface area contributed by atoms with Gasteiger partial charge in [0.2, 0.25) is 0 Å². The highest BCUT2D eigenvalue weighted by Gasteiger charge is 2.34. The smallest absolute Gasteiger partial charge is 0.296 e. The second-order valence-corrected chi connectivity index (χ2v) is 6.81. The second kappa shape index (κ2) is 5.44. The summed E-state index contributed by atoms with van der Waals surface area (Å²) in [5.41, 5.74) is 1.78. The van der Waals surface area contributed by atoms with Crippen LogP contribution in [0.15, 0.2) is 23.1 Å². The fourth-order valence-corrected chi connectivity index (χ4v) is 3.14. The summed E-state index contributed by atoms with van der Waals surface area (Å²) in [5, 5.41) is 0. The van der Waals surface area contributed by atoms with Crippen LogP contribution >= 0.6 is 0 Å². The van der Waals surface area contributed by atoms with Gasteiger partial charge in [-0.1, -0.05) is 6.07 Å². The molecule has 1 aliphatic rings. The van der Waals surface area contributed by atoms with Crippen LogP contribution in [0.5, 0.6) is 0 Å². The third-order valence-corrected chi connectivity index (χ3v) is 4.54. The van der Waals surface area contributed by atoms with Gasteiger partial charge in [-0.2, -0.15) is 8.42 Å². The molecule has 1 saturated heterocycles. The first kappa shape index (κ1) is 15.4. The van der Waals surface area contributed by atoms with Crippen molar-refractivity contribution < 1.29 is 22.1 Å². The normalized spacial score (nSPS) is 22.1. The first-order chi connectivity index (χ1) is 9.25. The summed E-state index contributed by atoms with van der Waals surface area (Å²) in [5.74, 6) is -0.647. The van der Waals surface area contributed by atoms with Crippen molar-refractivity contribution >= 4 is 10.1 Å². The van der Waals surface area contributed by atoms with Crippen molar-refractivity contribution in [1.29, 1.82) is 0 Å². The maximum absolute atomic E-state index is 11.9. The summed E-state index contributed by atoms with van der Waals surface area (Å²) in [6, 6.07) is 4.91. The summed E-state index contributed by atoms with van der Waals surface area (Å²) in [6.45, 7) is 7.75. The first-order valence-corrected chi connectivity index (χ1v) is 7.98. The Labute approximate surface area is 120 Å². The molecule has 1 atom stereocenters. The van der Waals surface area contributed by atoms with Gasteiger partial charge < -0.3 is 9.47 Å². The van der Waals surface area contributed by atoms with E-state index >= 15 is 0 Å². The van der Waals surface area contributed by atoms with Crippen LogP contribution in [-0.2, 0) is 23.8 Å². The molecule has 2 rings (SSSR count). The fraction of sp³-hybridized carbons (Fsp3) is 0.571. The minimum absolute atomic E-state index is 0.113. The van der Waals surface area contributed by atoms with Gasteiger partial charge in [0, 0.05) is 0 Å². The second-order valence-electron chi connectivity index (χ2n) is 5.20. The Morgan fingerprint density at radius 3 is 2.65 bits per heavy atom. The molecule has 1 aromatic carbocycles. The Hall–Kier alpha value is -0.950. The third-order valence-electron chi connectivity index (χ3n) is 3.17. The number of aryl methyl sites for hydroxylation is 1. The number of hydrogen-bond acceptors (Lipinski definition) is 5. The minimum Gasteiger partial charge on any atom is -0.347 e. The number of ether oxygens (including phenoxy) is 2. The summed E-state index contributed by atoms with van der Waals surface area (Å²) in [7, 11) is -3.70. The van der Waals surface area contributed by atoms with Crippen molar-refractivity contribution in [3.05, 3.63) is 29.3 Å². The topological polar surface area (TPSA) is 61.8 Å². The van der Waals surface area contributed by atoms with Crippen molar-refractivity contribution in [1.82, 2.24) is 0 Å². The molecule has 0 N–H and O–H groups in total. The average molecular weight is 300 g/mol. The molecule has 1 aromatic rings. The largest absolute Gasteiger partial charge is 0.347 e. The van der Waals surface area contributed by atoms with E-state index in [1.165, 1.54) is 0 Å². The predicted octanol–water partition coefficient (Wildman–Crippen LogP) is 2.54. The van der Waals surface area contributed by atoms with Crippen LogP contribution in [0.25, 0.3) is 0 Å². The molecule has 0 bridgehead atoms. The van der Waals surface area contributed by atoms with Crippen molar-refractivity contribution in [3.8, 4) is 0 Å². The zero-order valence-electron chi connectivity index (χ0n) is 12.2. The van der Waals surface area contributed by atoms with Gasteiger partial charge in [-0.25, -0.2) is 0 Å². The van der Waals surface area contributed by atoms with E-state index in [4.69, 9.17) is 13.7 Å². The highest BCUT2D eigenvalue weighted by Crippen LogP contribution is 2.35. The lowest BCUT2D eigenvalue weighted by molar-refractivity contribution is -0.139. The highest BCUT2D eigenvalue weighted by atomic mass is 32.2. The maximum atomic E-state index is 11.9. The molecule has 0 amide bonds. The summed E-state index contributed by atoms with van der Waals surface area (Å²) >= 11 is 0. The molecule has 1 aliphatic heterocycles. The molecule has 1 fully saturated rings. The van der Waals surface area contributed by atoms with Crippen molar-refractivity contribution in [2.45, 2.75) is 44.5 Å². The van der Waals surface area contributed by atoms with E-state index in [9.17, 15) is 8.42 Å². The first-order valence-electron chi connectivity index (χ1n) is 6.57. The quantitative estimate of drug-likeness (QED) is 0.800. The van der Waals surface area contributed by atoms with Gasteiger partial charge in [0.15, 0.2) is 5.79 Å². The molecular weight excluding hydrogens is 280 g/mol. The van der Waals surface area contributed by atoms with E-state index in [1.807, 2.05) is 20.8 Å². The van der Waals surface area contributed by atoms with Gasteiger partial charge in [0.1, 0.15) is 6.10 Å². The van der Waals surface area contributed by atoms with Crippen LogP contribution in [0.3, 0.4) is 0 Å². The van der Waals surface area contributed by atoms with E-state index in [1.54, 1.807) is 25.1 Å². The lowest BCUT2D eigenvalue weighted by Crippen LogP contribution is -2.19. The zero-order chi connectivity index (χ0) is 15.0. The molecule has 112 valence electrons. The zero-order valence-corrected chi connectivity index (χ0v) is 13.0. The molecule has 6 heteroatoms. The van der Waals surface area contributed by atoms with Gasteiger partial charge in [-0.15, -0.1) is 0 Å². The average Bonchev–Trinajstić information content (AvgIpc) is 2.69. The predicted molar refractivity (Wildman–Crippen MR) is 73.8 cm³/mol. The molecule has 5 nitrogen and oxygen atoms in total. The monoisotopic (exact) mass is 300 g/mol. The van der Waals surface area contributed by atoms with Crippen molar-refractivity contribution in [2.24, 2.45) is 0 Å². The molecule has 0 aliphatic carbocycles. The summed E-state index contributed by atoms with van der Waals surface area (Å²) in [4.78, 5) is 0.147. The van der Waals surface area contributed by atoms with Gasteiger partial charge >= 0.3 is 0 Å². The lowest BCUT2D eigenvalue weighted by atomic mass is 10.0. The van der Waals surface area contributed by atoms with Crippen LogP contribution in [0.4, 0.5) is 0 Å². The Kier molecular flexibility index (Phi) is 4.20. The lowest BCUT2D eigenvalue weighted by Gasteiger charge is -2.18. The summed E-state index contributed by atoms with van der Waals surface area (Å²) in [6.07, 6.45) is -0.262. The highest BCUT2D eigenvalue weighted by molar-refractivity contribution is 7.86. The molecule has 1 unspecified atom stereocenters. The molecule has 0 aromatic heterocycles. The third kappa shape index (κ3) is 3.20. The van der Waals surface area contributed by atoms with E-state index in [0.29, 0.717) is 6.61 Å². The van der Waals surface area contributed by atoms with Gasteiger partial charge in [0.05, 0.1) is 18.1 Å². The molecule has 0 spiro atoms. The van der Waals surface area contributed by atoms with Crippen LogP contribution in [0.1, 0.15) is 38.0 Å². The Bertz CT molecular complexity index is 592. The SMILES string of the molecule is CCOS(=O)(=O)c1ccc(C)c(C2COC(C)(C)O2)c1. The van der Waals surface area contributed by atoms with Crippen LogP contribution < -0.4 is 0 Å². The maximum Gasteiger partial charge on any atom is 0.296 e. The molecule has 20 heavy (non-hydrogen) atoms. The molecule has 1 heterocycles.